The fraction of sp³-hybridized carbons (Fsp3) is 0.692. The van der Waals surface area contributed by atoms with Gasteiger partial charge in [0, 0.05) is 19.9 Å². The number of nitrogens with one attached hydrogen (secondary N) is 1. The number of hydrogen-bond acceptors (Lipinski definition) is 4. The molecule has 0 spiro atoms. The first-order valence-electron chi connectivity index (χ1n) is 6.73. The van der Waals surface area contributed by atoms with Gasteiger partial charge in [-0.15, -0.1) is 0 Å². The molecule has 0 bridgehead atoms. The fourth-order valence-corrected chi connectivity index (χ4v) is 2.57. The Morgan fingerprint density at radius 1 is 1.58 bits per heavy atom. The average molecular weight is 266 g/mol. The van der Waals surface area contributed by atoms with Gasteiger partial charge in [0.2, 0.25) is 5.91 Å². The van der Waals surface area contributed by atoms with E-state index in [2.05, 4.69) is 10.4 Å². The maximum atomic E-state index is 12.3. The first kappa shape index (κ1) is 14.0. The van der Waals surface area contributed by atoms with E-state index in [1.165, 1.54) is 0 Å². The van der Waals surface area contributed by atoms with Crippen molar-refractivity contribution < 1.29 is 9.53 Å². The molecule has 1 heterocycles. The van der Waals surface area contributed by atoms with Gasteiger partial charge in [-0.1, -0.05) is 12.8 Å². The number of carbonyl (C=O) groups is 1. The van der Waals surface area contributed by atoms with Crippen LogP contribution < -0.4 is 11.1 Å². The highest BCUT2D eigenvalue weighted by atomic mass is 16.5. The van der Waals surface area contributed by atoms with Crippen molar-refractivity contribution in [2.45, 2.75) is 32.2 Å². The van der Waals surface area contributed by atoms with Gasteiger partial charge in [0.1, 0.15) is 0 Å². The van der Waals surface area contributed by atoms with Gasteiger partial charge in [-0.05, 0) is 12.8 Å². The summed E-state index contributed by atoms with van der Waals surface area (Å²) in [5.41, 5.74) is 6.14. The summed E-state index contributed by atoms with van der Waals surface area (Å²) in [7, 11) is 1.65. The zero-order chi connectivity index (χ0) is 13.7. The van der Waals surface area contributed by atoms with E-state index in [0.717, 1.165) is 31.4 Å². The molecular formula is C13H22N4O2. The highest BCUT2D eigenvalue weighted by Gasteiger charge is 2.39. The third-order valence-electron chi connectivity index (χ3n) is 3.85. The van der Waals surface area contributed by atoms with Crippen molar-refractivity contribution in [3.8, 4) is 0 Å². The molecule has 0 aromatic carbocycles. The van der Waals surface area contributed by atoms with Crippen molar-refractivity contribution >= 4 is 11.6 Å². The van der Waals surface area contributed by atoms with E-state index in [1.807, 2.05) is 6.20 Å². The van der Waals surface area contributed by atoms with Gasteiger partial charge >= 0.3 is 0 Å². The van der Waals surface area contributed by atoms with Crippen molar-refractivity contribution in [2.75, 3.05) is 25.6 Å². The molecule has 6 heteroatoms. The lowest BCUT2D eigenvalue weighted by Crippen LogP contribution is -2.40. The number of carbonyl (C=O) groups excluding carboxylic acids is 1. The van der Waals surface area contributed by atoms with Crippen LogP contribution in [-0.4, -0.2) is 35.9 Å². The molecule has 106 valence electrons. The molecule has 0 unspecified atom stereocenters. The number of aromatic nitrogens is 2. The number of amides is 1. The van der Waals surface area contributed by atoms with Crippen molar-refractivity contribution in [1.82, 2.24) is 9.78 Å². The second-order valence-corrected chi connectivity index (χ2v) is 5.13. The lowest BCUT2D eigenvalue weighted by atomic mass is 9.85. The van der Waals surface area contributed by atoms with E-state index in [9.17, 15) is 4.79 Å². The quantitative estimate of drug-likeness (QED) is 0.804. The van der Waals surface area contributed by atoms with E-state index in [4.69, 9.17) is 10.5 Å². The van der Waals surface area contributed by atoms with E-state index >= 15 is 0 Å². The third-order valence-corrected chi connectivity index (χ3v) is 3.85. The SMILES string of the molecule is COCCn1cc(NC(=O)C2(CN)CCCC2)cn1. The van der Waals surface area contributed by atoms with Crippen LogP contribution in [0.4, 0.5) is 5.69 Å². The van der Waals surface area contributed by atoms with Crippen LogP contribution in [0.5, 0.6) is 0 Å². The predicted octanol–water partition coefficient (Wildman–Crippen LogP) is 0.987. The Bertz CT molecular complexity index is 424. The Morgan fingerprint density at radius 3 is 2.95 bits per heavy atom. The van der Waals surface area contributed by atoms with Gasteiger partial charge in [0.25, 0.3) is 0 Å². The van der Waals surface area contributed by atoms with Crippen molar-refractivity contribution in [2.24, 2.45) is 11.1 Å². The molecule has 1 fully saturated rings. The lowest BCUT2D eigenvalue weighted by Gasteiger charge is -2.25. The molecule has 3 N–H and O–H groups in total. The summed E-state index contributed by atoms with van der Waals surface area (Å²) in [5.74, 6) is 0.0267. The van der Waals surface area contributed by atoms with Crippen LogP contribution in [0.3, 0.4) is 0 Å². The van der Waals surface area contributed by atoms with E-state index in [1.54, 1.807) is 18.0 Å². The molecule has 2 rings (SSSR count). The number of nitrogens with zero attached hydrogens (tertiary/aromatic N) is 2. The summed E-state index contributed by atoms with van der Waals surface area (Å²) in [5, 5.41) is 7.10. The third kappa shape index (κ3) is 3.13. The predicted molar refractivity (Wildman–Crippen MR) is 72.7 cm³/mol. The largest absolute Gasteiger partial charge is 0.383 e. The molecule has 0 radical (unpaired) electrons. The molecule has 1 aliphatic rings. The highest BCUT2D eigenvalue weighted by Crippen LogP contribution is 2.38. The molecule has 1 aromatic heterocycles. The second-order valence-electron chi connectivity index (χ2n) is 5.13. The minimum absolute atomic E-state index is 0.0267. The first-order chi connectivity index (χ1) is 9.20. The summed E-state index contributed by atoms with van der Waals surface area (Å²) in [4.78, 5) is 12.3. The molecular weight excluding hydrogens is 244 g/mol. The Labute approximate surface area is 113 Å². The molecule has 0 saturated heterocycles. The average Bonchev–Trinajstić information content (AvgIpc) is 3.06. The number of anilines is 1. The van der Waals surface area contributed by atoms with Crippen molar-refractivity contribution in [3.05, 3.63) is 12.4 Å². The maximum absolute atomic E-state index is 12.3. The summed E-state index contributed by atoms with van der Waals surface area (Å²) in [6.45, 7) is 1.69. The van der Waals surface area contributed by atoms with Crippen LogP contribution in [0, 0.1) is 5.41 Å². The minimum Gasteiger partial charge on any atom is -0.383 e. The minimum atomic E-state index is -0.380. The summed E-state index contributed by atoms with van der Waals surface area (Å²) >= 11 is 0. The highest BCUT2D eigenvalue weighted by molar-refractivity contribution is 5.95. The van der Waals surface area contributed by atoms with Gasteiger partial charge in [-0.3, -0.25) is 9.48 Å². The smallest absolute Gasteiger partial charge is 0.231 e. The fourth-order valence-electron chi connectivity index (χ4n) is 2.57. The van der Waals surface area contributed by atoms with Crippen molar-refractivity contribution in [3.63, 3.8) is 0 Å². The second kappa shape index (κ2) is 6.16. The van der Waals surface area contributed by atoms with Crippen LogP contribution in [-0.2, 0) is 16.1 Å². The van der Waals surface area contributed by atoms with Gasteiger partial charge in [-0.25, -0.2) is 0 Å². The standard InChI is InChI=1S/C13H22N4O2/c1-19-7-6-17-9-11(8-15-17)16-12(18)13(10-14)4-2-3-5-13/h8-9H,2-7,10,14H2,1H3,(H,16,18). The van der Waals surface area contributed by atoms with E-state index < -0.39 is 0 Å². The van der Waals surface area contributed by atoms with Gasteiger partial charge in [0.05, 0.1) is 30.5 Å². The molecule has 1 saturated carbocycles. The zero-order valence-corrected chi connectivity index (χ0v) is 11.4. The molecule has 6 nitrogen and oxygen atoms in total. The number of ether oxygens (including phenoxy) is 1. The normalized spacial score (nSPS) is 17.6. The van der Waals surface area contributed by atoms with Crippen molar-refractivity contribution in [1.29, 1.82) is 0 Å². The summed E-state index contributed by atoms with van der Waals surface area (Å²) in [6, 6.07) is 0. The van der Waals surface area contributed by atoms with Crippen LogP contribution in [0.15, 0.2) is 12.4 Å². The molecule has 0 aliphatic heterocycles. The Balaban J connectivity index is 1.96. The first-order valence-corrected chi connectivity index (χ1v) is 6.73. The molecule has 1 aliphatic carbocycles. The molecule has 1 aromatic rings. The summed E-state index contributed by atoms with van der Waals surface area (Å²) in [6.07, 6.45) is 7.40. The van der Waals surface area contributed by atoms with Gasteiger partial charge in [-0.2, -0.15) is 5.10 Å². The Morgan fingerprint density at radius 2 is 2.32 bits per heavy atom. The lowest BCUT2D eigenvalue weighted by molar-refractivity contribution is -0.124. The van der Waals surface area contributed by atoms with Gasteiger partial charge in [0.15, 0.2) is 0 Å². The van der Waals surface area contributed by atoms with E-state index in [-0.39, 0.29) is 11.3 Å². The zero-order valence-electron chi connectivity index (χ0n) is 11.4. The molecule has 0 atom stereocenters. The molecule has 1 amide bonds. The van der Waals surface area contributed by atoms with Crippen LogP contribution in [0.1, 0.15) is 25.7 Å². The van der Waals surface area contributed by atoms with Crippen LogP contribution in [0.25, 0.3) is 0 Å². The number of hydrogen-bond donors (Lipinski definition) is 2. The number of rotatable bonds is 6. The van der Waals surface area contributed by atoms with Gasteiger partial charge < -0.3 is 15.8 Å². The number of nitrogens with two attached hydrogens (primary N) is 1. The van der Waals surface area contributed by atoms with Crippen LogP contribution >= 0.6 is 0 Å². The maximum Gasteiger partial charge on any atom is 0.231 e. The van der Waals surface area contributed by atoms with Crippen LogP contribution in [0.2, 0.25) is 0 Å². The Kier molecular flexibility index (Phi) is 4.55. The van der Waals surface area contributed by atoms with E-state index in [0.29, 0.717) is 19.7 Å². The number of methoxy groups -OCH3 is 1. The topological polar surface area (TPSA) is 82.2 Å². The Hall–Kier alpha value is -1.40. The summed E-state index contributed by atoms with van der Waals surface area (Å²) < 4.78 is 6.74. The molecule has 19 heavy (non-hydrogen) atoms. The monoisotopic (exact) mass is 266 g/mol.